The number of nitrogens with one attached hydrogen (secondary N) is 1. The van der Waals surface area contributed by atoms with E-state index >= 15 is 0 Å². The Morgan fingerprint density at radius 2 is 2.20 bits per heavy atom. The normalized spacial score (nSPS) is 15.8. The van der Waals surface area contributed by atoms with E-state index in [1.165, 1.54) is 29.2 Å². The summed E-state index contributed by atoms with van der Waals surface area (Å²) < 4.78 is 11.2. The number of carbonyl (C=O) groups is 1. The molecule has 0 aromatic heterocycles. The number of halogens is 3. The Hall–Kier alpha value is -1.29. The molecule has 0 saturated carbocycles. The van der Waals surface area contributed by atoms with Gasteiger partial charge in [0.2, 0.25) is 0 Å². The topological polar surface area (TPSA) is 78.7 Å². The Morgan fingerprint density at radius 1 is 1.50 bits per heavy atom. The molecule has 11 heteroatoms. The molecular weight excluding hydrogens is 334 g/mol. The molecule has 1 heterocycles. The largest absolute Gasteiger partial charge is 0.350 e. The molecule has 1 saturated heterocycles. The minimum absolute atomic E-state index is 0.0108. The van der Waals surface area contributed by atoms with Gasteiger partial charge in [-0.25, -0.2) is 4.79 Å². The first kappa shape index (κ1) is 15.1. The number of anilines is 1. The van der Waals surface area contributed by atoms with Crippen molar-refractivity contribution >= 4 is 52.6 Å². The van der Waals surface area contributed by atoms with Crippen molar-refractivity contribution in [3.63, 3.8) is 0 Å². The molecule has 0 atom stereocenters. The van der Waals surface area contributed by atoms with Gasteiger partial charge < -0.3 is 0 Å². The van der Waals surface area contributed by atoms with Gasteiger partial charge in [-0.1, -0.05) is 29.3 Å². The summed E-state index contributed by atoms with van der Waals surface area (Å²) in [5.41, 5.74) is 2.70. The van der Waals surface area contributed by atoms with E-state index in [1.807, 2.05) is 0 Å². The summed E-state index contributed by atoms with van der Waals surface area (Å²) in [6.07, 6.45) is 0. The van der Waals surface area contributed by atoms with E-state index in [2.05, 4.69) is 5.43 Å². The Kier molecular flexibility index (Phi) is 4.23. The molecule has 0 bridgehead atoms. The molecule has 1 aromatic carbocycles. The minimum Gasteiger partial charge on any atom is -0.277 e. The molecule has 2 rings (SSSR count). The van der Waals surface area contributed by atoms with Crippen molar-refractivity contribution in [2.75, 3.05) is 11.6 Å². The molecule has 0 spiro atoms. The summed E-state index contributed by atoms with van der Waals surface area (Å²) in [5.74, 6) is 0. The zero-order valence-electron chi connectivity index (χ0n) is 9.63. The molecule has 1 aliphatic heterocycles. The number of rotatable bonds is 4. The van der Waals surface area contributed by atoms with E-state index in [-0.39, 0.29) is 24.3 Å². The lowest BCUT2D eigenvalue weighted by atomic mass is 10.2. The molecule has 2 amide bonds. The Bertz CT molecular complexity index is 556. The first-order chi connectivity index (χ1) is 9.28. The van der Waals surface area contributed by atoms with Crippen LogP contribution in [0.3, 0.4) is 0 Å². The summed E-state index contributed by atoms with van der Waals surface area (Å²) in [6.45, 7) is 0.0108. The van der Waals surface area contributed by atoms with E-state index in [0.29, 0.717) is 5.69 Å². The minimum atomic E-state index is -2.67. The highest BCUT2D eigenvalue weighted by Gasteiger charge is 2.37. The van der Waals surface area contributed by atoms with Gasteiger partial charge in [0.1, 0.15) is 0 Å². The number of nitrogens with zero attached hydrogens (tertiary/aromatic N) is 3. The molecule has 1 aromatic rings. The van der Waals surface area contributed by atoms with Gasteiger partial charge in [-0.15, -0.1) is 0 Å². The van der Waals surface area contributed by atoms with Gasteiger partial charge in [0, 0.05) is 24.1 Å². The van der Waals surface area contributed by atoms with Gasteiger partial charge in [-0.2, -0.15) is 14.2 Å². The first-order valence-electron chi connectivity index (χ1n) is 5.13. The number of amides is 2. The van der Waals surface area contributed by atoms with E-state index < -0.39 is 14.9 Å². The zero-order valence-corrected chi connectivity index (χ0v) is 12.0. The Morgan fingerprint density at radius 3 is 2.80 bits per heavy atom. The number of hydrazine groups is 1. The van der Waals surface area contributed by atoms with Crippen LogP contribution in [-0.4, -0.2) is 26.0 Å². The molecule has 108 valence electrons. The van der Waals surface area contributed by atoms with E-state index in [4.69, 9.17) is 23.2 Å². The van der Waals surface area contributed by atoms with E-state index in [1.54, 1.807) is 0 Å². The highest BCUT2D eigenvalue weighted by Crippen LogP contribution is 2.39. The number of carbonyl (C=O) groups excluding carboxylic acids is 1. The van der Waals surface area contributed by atoms with Crippen LogP contribution in [0.1, 0.15) is 0 Å². The third kappa shape index (κ3) is 3.42. The number of urea groups is 1. The molecule has 1 fully saturated rings. The average Bonchev–Trinajstić information content (AvgIpc) is 2.69. The number of nitro benzene ring substituents is 1. The molecule has 1 aliphatic rings. The summed E-state index contributed by atoms with van der Waals surface area (Å²) in [5, 5.41) is 10.7. The van der Waals surface area contributed by atoms with Crippen LogP contribution in [0, 0.1) is 10.1 Å². The van der Waals surface area contributed by atoms with Crippen LogP contribution < -0.4 is 10.3 Å². The fourth-order valence-corrected chi connectivity index (χ4v) is 2.45. The van der Waals surface area contributed by atoms with Crippen LogP contribution in [0.4, 0.5) is 20.6 Å². The fraction of sp³-hybridized carbons (Fsp3) is 0.222. The van der Waals surface area contributed by atoms with Crippen molar-refractivity contribution in [2.24, 2.45) is 0 Å². The maximum atomic E-state index is 13.1. The van der Waals surface area contributed by atoms with Crippen molar-refractivity contribution in [3.8, 4) is 0 Å². The number of hydrogen-bond donors (Lipinski definition) is 1. The molecular formula is C9H7Cl2FN4O3S. The van der Waals surface area contributed by atoms with Gasteiger partial charge in [0.15, 0.2) is 0 Å². The second-order valence-electron chi connectivity index (χ2n) is 3.64. The number of alkyl halides is 3. The quantitative estimate of drug-likeness (QED) is 0.394. The summed E-state index contributed by atoms with van der Waals surface area (Å²) in [6, 6.07) is 4.86. The smallest absolute Gasteiger partial charge is 0.277 e. The first-order valence-corrected chi connectivity index (χ1v) is 6.66. The SMILES string of the molecule is O=C1N(SC(F)(Cl)Cl)NCN1c1cccc([N+](=O)[O-])c1. The molecule has 0 radical (unpaired) electrons. The number of hydrogen-bond acceptors (Lipinski definition) is 5. The Balaban J connectivity index is 2.17. The van der Waals surface area contributed by atoms with Crippen LogP contribution in [0.25, 0.3) is 0 Å². The molecule has 0 unspecified atom stereocenters. The van der Waals surface area contributed by atoms with Crippen molar-refractivity contribution in [1.29, 1.82) is 0 Å². The second kappa shape index (κ2) is 5.60. The lowest BCUT2D eigenvalue weighted by Gasteiger charge is -2.18. The molecule has 20 heavy (non-hydrogen) atoms. The van der Waals surface area contributed by atoms with Crippen LogP contribution in [0.2, 0.25) is 0 Å². The highest BCUT2D eigenvalue weighted by molar-refractivity contribution is 8.01. The monoisotopic (exact) mass is 340 g/mol. The van der Waals surface area contributed by atoms with Crippen molar-refractivity contribution in [1.82, 2.24) is 9.84 Å². The molecule has 0 aliphatic carbocycles. The number of non-ortho nitro benzene ring substituents is 1. The van der Waals surface area contributed by atoms with E-state index in [9.17, 15) is 19.3 Å². The predicted octanol–water partition coefficient (Wildman–Crippen LogP) is 3.01. The average molecular weight is 341 g/mol. The van der Waals surface area contributed by atoms with E-state index in [0.717, 1.165) is 4.41 Å². The summed E-state index contributed by atoms with van der Waals surface area (Å²) >= 11 is 10.6. The standard InChI is InChI=1S/C9H7Cl2FN4O3S/c10-9(11,12)20-15-8(17)14(5-13-15)6-2-1-3-7(4-6)16(18)19/h1-4,13H,5H2. The van der Waals surface area contributed by atoms with Crippen LogP contribution in [0.15, 0.2) is 24.3 Å². The predicted molar refractivity (Wildman–Crippen MR) is 73.9 cm³/mol. The number of benzene rings is 1. The lowest BCUT2D eigenvalue weighted by molar-refractivity contribution is -0.384. The number of nitro groups is 1. The lowest BCUT2D eigenvalue weighted by Crippen LogP contribution is -2.31. The molecule has 1 N–H and O–H groups in total. The van der Waals surface area contributed by atoms with Crippen LogP contribution in [-0.2, 0) is 0 Å². The van der Waals surface area contributed by atoms with Crippen molar-refractivity contribution in [3.05, 3.63) is 34.4 Å². The highest BCUT2D eigenvalue weighted by atomic mass is 35.5. The van der Waals surface area contributed by atoms with Gasteiger partial charge in [-0.3, -0.25) is 15.0 Å². The van der Waals surface area contributed by atoms with Gasteiger partial charge in [0.05, 0.1) is 17.3 Å². The van der Waals surface area contributed by atoms with Crippen molar-refractivity contribution < 1.29 is 14.1 Å². The second-order valence-corrected chi connectivity index (χ2v) is 6.43. The van der Waals surface area contributed by atoms with Gasteiger partial charge in [0.25, 0.3) is 5.69 Å². The summed E-state index contributed by atoms with van der Waals surface area (Å²) in [4.78, 5) is 23.3. The van der Waals surface area contributed by atoms with Crippen LogP contribution >= 0.6 is 35.1 Å². The fourth-order valence-electron chi connectivity index (χ4n) is 1.53. The zero-order chi connectivity index (χ0) is 14.9. The maximum Gasteiger partial charge on any atom is 0.350 e. The maximum absolute atomic E-state index is 13.1. The van der Waals surface area contributed by atoms with Crippen molar-refractivity contribution in [2.45, 2.75) is 3.92 Å². The van der Waals surface area contributed by atoms with Gasteiger partial charge >= 0.3 is 9.95 Å². The molecule has 7 nitrogen and oxygen atoms in total. The third-order valence-electron chi connectivity index (χ3n) is 2.32. The third-order valence-corrected chi connectivity index (χ3v) is 3.41. The van der Waals surface area contributed by atoms with Gasteiger partial charge in [-0.05, 0) is 6.07 Å². The van der Waals surface area contributed by atoms with Crippen LogP contribution in [0.5, 0.6) is 0 Å². The summed E-state index contributed by atoms with van der Waals surface area (Å²) in [7, 11) is 0. The Labute approximate surface area is 126 Å².